The van der Waals surface area contributed by atoms with Crippen molar-refractivity contribution < 1.29 is 9.47 Å². The molecule has 7 heteroatoms. The van der Waals surface area contributed by atoms with Gasteiger partial charge in [0.25, 0.3) is 0 Å². The second-order valence-electron chi connectivity index (χ2n) is 4.84. The van der Waals surface area contributed by atoms with E-state index in [1.165, 1.54) is 0 Å². The minimum atomic E-state index is 0.448. The minimum Gasteiger partial charge on any atom is -0.494 e. The zero-order valence-electron chi connectivity index (χ0n) is 11.3. The topological polar surface area (TPSA) is 88.1 Å². The summed E-state index contributed by atoms with van der Waals surface area (Å²) in [6.45, 7) is 2.30. The van der Waals surface area contributed by atoms with Crippen molar-refractivity contribution in [3.05, 3.63) is 18.2 Å². The van der Waals surface area contributed by atoms with Gasteiger partial charge in [-0.15, -0.1) is 5.10 Å². The van der Waals surface area contributed by atoms with Crippen molar-refractivity contribution in [2.45, 2.75) is 13.0 Å². The molecule has 1 saturated heterocycles. The van der Waals surface area contributed by atoms with Gasteiger partial charge in [0.05, 0.1) is 31.5 Å². The first-order chi connectivity index (χ1) is 9.79. The van der Waals surface area contributed by atoms with Gasteiger partial charge in [-0.3, -0.25) is 0 Å². The van der Waals surface area contributed by atoms with Crippen LogP contribution in [0.2, 0.25) is 0 Å². The molecule has 0 aliphatic carbocycles. The summed E-state index contributed by atoms with van der Waals surface area (Å²) in [6, 6.07) is 5.56. The predicted octanol–water partition coefficient (Wildman–Crippen LogP) is 0.967. The van der Waals surface area contributed by atoms with Gasteiger partial charge < -0.3 is 15.2 Å². The summed E-state index contributed by atoms with van der Waals surface area (Å²) >= 11 is 0. The third-order valence-corrected chi connectivity index (χ3v) is 3.48. The maximum Gasteiger partial charge on any atom is 0.185 e. The number of hydrogen-bond donors (Lipinski definition) is 1. The molecule has 1 atom stereocenters. The molecule has 0 radical (unpaired) electrons. The molecule has 1 aliphatic rings. The number of hydrogen-bond acceptors (Lipinski definition) is 6. The van der Waals surface area contributed by atoms with Crippen molar-refractivity contribution in [3.8, 4) is 17.1 Å². The second kappa shape index (κ2) is 5.46. The van der Waals surface area contributed by atoms with Crippen LogP contribution in [0.3, 0.4) is 0 Å². The Labute approximate surface area is 116 Å². The van der Waals surface area contributed by atoms with E-state index in [-0.39, 0.29) is 0 Å². The molecule has 2 N–H and O–H groups in total. The van der Waals surface area contributed by atoms with Crippen molar-refractivity contribution in [1.82, 2.24) is 20.2 Å². The van der Waals surface area contributed by atoms with E-state index in [0.29, 0.717) is 23.2 Å². The summed E-state index contributed by atoms with van der Waals surface area (Å²) in [4.78, 5) is 0. The van der Waals surface area contributed by atoms with Crippen LogP contribution in [0.15, 0.2) is 18.2 Å². The molecule has 0 spiro atoms. The molecule has 1 aromatic heterocycles. The van der Waals surface area contributed by atoms with E-state index in [9.17, 15) is 0 Å². The van der Waals surface area contributed by atoms with Gasteiger partial charge in [0.2, 0.25) is 0 Å². The lowest BCUT2D eigenvalue weighted by Gasteiger charge is -2.12. The van der Waals surface area contributed by atoms with Gasteiger partial charge in [0.1, 0.15) is 0 Å². The lowest BCUT2D eigenvalue weighted by molar-refractivity contribution is 0.181. The van der Waals surface area contributed by atoms with Crippen molar-refractivity contribution in [1.29, 1.82) is 0 Å². The van der Waals surface area contributed by atoms with Gasteiger partial charge in [0.15, 0.2) is 11.6 Å². The van der Waals surface area contributed by atoms with Crippen LogP contribution in [0.4, 0.5) is 5.69 Å². The van der Waals surface area contributed by atoms with Crippen LogP contribution >= 0.6 is 0 Å². The quantitative estimate of drug-likeness (QED) is 0.836. The molecule has 0 amide bonds. The Morgan fingerprint density at radius 3 is 3.15 bits per heavy atom. The normalized spacial score (nSPS) is 18.4. The van der Waals surface area contributed by atoms with E-state index < -0.39 is 0 Å². The fourth-order valence-electron chi connectivity index (χ4n) is 2.45. The van der Waals surface area contributed by atoms with Crippen molar-refractivity contribution in [2.75, 3.05) is 26.1 Å². The first kappa shape index (κ1) is 12.9. The first-order valence-corrected chi connectivity index (χ1v) is 6.56. The average Bonchev–Trinajstić information content (AvgIpc) is 3.10. The lowest BCUT2D eigenvalue weighted by Crippen LogP contribution is -2.13. The predicted molar refractivity (Wildman–Crippen MR) is 73.1 cm³/mol. The van der Waals surface area contributed by atoms with Gasteiger partial charge >= 0.3 is 0 Å². The Bertz CT molecular complexity index is 592. The van der Waals surface area contributed by atoms with Crippen LogP contribution in [-0.2, 0) is 11.3 Å². The average molecular weight is 275 g/mol. The zero-order valence-corrected chi connectivity index (χ0v) is 11.3. The van der Waals surface area contributed by atoms with Gasteiger partial charge in [0, 0.05) is 12.5 Å². The standard InChI is InChI=1S/C13H17N5O2/c1-19-12-10(3-2-4-11(12)14)13-15-16-17-18(13)7-9-5-6-20-8-9/h2-4,9H,5-8,14H2,1H3. The summed E-state index contributed by atoms with van der Waals surface area (Å²) in [5.41, 5.74) is 7.30. The van der Waals surface area contributed by atoms with E-state index in [0.717, 1.165) is 31.7 Å². The van der Waals surface area contributed by atoms with Crippen LogP contribution in [0.1, 0.15) is 6.42 Å². The fraction of sp³-hybridized carbons (Fsp3) is 0.462. The number of benzene rings is 1. The molecule has 7 nitrogen and oxygen atoms in total. The Morgan fingerprint density at radius 1 is 1.50 bits per heavy atom. The van der Waals surface area contributed by atoms with Crippen LogP contribution in [0.5, 0.6) is 5.75 Å². The minimum absolute atomic E-state index is 0.448. The molecule has 106 valence electrons. The van der Waals surface area contributed by atoms with Gasteiger partial charge in [-0.05, 0) is 29.0 Å². The first-order valence-electron chi connectivity index (χ1n) is 6.56. The number of tetrazole rings is 1. The van der Waals surface area contributed by atoms with E-state index in [4.69, 9.17) is 15.2 Å². The highest BCUT2D eigenvalue weighted by molar-refractivity contribution is 5.73. The SMILES string of the molecule is COc1c(N)cccc1-c1nnnn1CC1CCOC1. The Balaban J connectivity index is 1.94. The van der Waals surface area contributed by atoms with Crippen molar-refractivity contribution in [3.63, 3.8) is 0 Å². The van der Waals surface area contributed by atoms with Crippen molar-refractivity contribution in [2.24, 2.45) is 5.92 Å². The van der Waals surface area contributed by atoms with Gasteiger partial charge in [-0.25, -0.2) is 4.68 Å². The highest BCUT2D eigenvalue weighted by Crippen LogP contribution is 2.33. The molecule has 1 unspecified atom stereocenters. The molecule has 2 aromatic rings. The summed E-state index contributed by atoms with van der Waals surface area (Å²) < 4.78 is 12.5. The number of ether oxygens (including phenoxy) is 2. The number of aromatic nitrogens is 4. The van der Waals surface area contributed by atoms with Gasteiger partial charge in [-0.2, -0.15) is 0 Å². The molecule has 1 aromatic carbocycles. The Hall–Kier alpha value is -2.15. The molecular weight excluding hydrogens is 258 g/mol. The van der Waals surface area contributed by atoms with Gasteiger partial charge in [-0.1, -0.05) is 6.07 Å². The highest BCUT2D eigenvalue weighted by Gasteiger charge is 2.21. The number of anilines is 1. The Morgan fingerprint density at radius 2 is 2.40 bits per heavy atom. The van der Waals surface area contributed by atoms with Crippen LogP contribution in [0.25, 0.3) is 11.4 Å². The molecule has 0 saturated carbocycles. The third-order valence-electron chi connectivity index (χ3n) is 3.48. The Kier molecular flexibility index (Phi) is 3.51. The van der Waals surface area contributed by atoms with E-state index >= 15 is 0 Å². The number of methoxy groups -OCH3 is 1. The van der Waals surface area contributed by atoms with Crippen molar-refractivity contribution >= 4 is 5.69 Å². The molecule has 1 aliphatic heterocycles. The molecule has 0 bridgehead atoms. The van der Waals surface area contributed by atoms with Crippen LogP contribution < -0.4 is 10.5 Å². The summed E-state index contributed by atoms with van der Waals surface area (Å²) in [5, 5.41) is 11.9. The molecule has 2 heterocycles. The van der Waals surface area contributed by atoms with E-state index in [1.54, 1.807) is 17.9 Å². The fourth-order valence-corrected chi connectivity index (χ4v) is 2.45. The van der Waals surface area contributed by atoms with E-state index in [1.807, 2.05) is 12.1 Å². The number of rotatable bonds is 4. The number of nitrogens with zero attached hydrogens (tertiary/aromatic N) is 4. The third kappa shape index (κ3) is 2.32. The molecule has 20 heavy (non-hydrogen) atoms. The summed E-state index contributed by atoms with van der Waals surface area (Å²) in [7, 11) is 1.59. The monoisotopic (exact) mass is 275 g/mol. The lowest BCUT2D eigenvalue weighted by atomic mass is 10.1. The summed E-state index contributed by atoms with van der Waals surface area (Å²) in [6.07, 6.45) is 1.04. The summed E-state index contributed by atoms with van der Waals surface area (Å²) in [5.74, 6) is 1.72. The maximum atomic E-state index is 5.93. The molecule has 3 rings (SSSR count). The smallest absolute Gasteiger partial charge is 0.185 e. The maximum absolute atomic E-state index is 5.93. The zero-order chi connectivity index (χ0) is 13.9. The highest BCUT2D eigenvalue weighted by atomic mass is 16.5. The number of nitrogens with two attached hydrogens (primary N) is 1. The second-order valence-corrected chi connectivity index (χ2v) is 4.84. The molecule has 1 fully saturated rings. The van der Waals surface area contributed by atoms with E-state index in [2.05, 4.69) is 15.5 Å². The van der Waals surface area contributed by atoms with Crippen LogP contribution in [0, 0.1) is 5.92 Å². The largest absolute Gasteiger partial charge is 0.494 e. The van der Waals surface area contributed by atoms with Crippen LogP contribution in [-0.4, -0.2) is 40.5 Å². The molecular formula is C13H17N5O2. The number of para-hydroxylation sites is 1. The number of nitrogen functional groups attached to an aromatic ring is 1.